The number of amides is 1. The summed E-state index contributed by atoms with van der Waals surface area (Å²) in [6.07, 6.45) is 0. The summed E-state index contributed by atoms with van der Waals surface area (Å²) in [5, 5.41) is 3.44. The van der Waals surface area contributed by atoms with Crippen LogP contribution in [0.2, 0.25) is 5.02 Å². The molecule has 0 saturated carbocycles. The minimum atomic E-state index is -0.493. The first-order valence-electron chi connectivity index (χ1n) is 7.54. The fourth-order valence-corrected chi connectivity index (χ4v) is 2.54. The Labute approximate surface area is 146 Å². The Bertz CT molecular complexity index is 694. The van der Waals surface area contributed by atoms with Crippen molar-refractivity contribution in [3.05, 3.63) is 64.9 Å². The Morgan fingerprint density at radius 2 is 1.88 bits per heavy atom. The van der Waals surface area contributed by atoms with Gasteiger partial charge < -0.3 is 15.0 Å². The van der Waals surface area contributed by atoms with Gasteiger partial charge in [0.05, 0.1) is 6.04 Å². The van der Waals surface area contributed by atoms with E-state index in [-0.39, 0.29) is 24.3 Å². The zero-order valence-electron chi connectivity index (χ0n) is 13.6. The number of rotatable bonds is 7. The van der Waals surface area contributed by atoms with Crippen LogP contribution in [-0.4, -0.2) is 38.1 Å². The first kappa shape index (κ1) is 18.2. The molecule has 0 radical (unpaired) electrons. The van der Waals surface area contributed by atoms with Crippen molar-refractivity contribution in [2.75, 3.05) is 27.2 Å². The number of nitrogens with one attached hydrogen (secondary N) is 1. The Hall–Kier alpha value is -2.11. The minimum absolute atomic E-state index is 0.0583. The molecule has 0 aromatic heterocycles. The van der Waals surface area contributed by atoms with Crippen LogP contribution in [0, 0.1) is 5.82 Å². The monoisotopic (exact) mass is 350 g/mol. The first-order valence-corrected chi connectivity index (χ1v) is 7.91. The van der Waals surface area contributed by atoms with Gasteiger partial charge in [0.25, 0.3) is 5.91 Å². The van der Waals surface area contributed by atoms with Gasteiger partial charge in [0, 0.05) is 11.6 Å². The van der Waals surface area contributed by atoms with E-state index in [0.29, 0.717) is 11.6 Å². The molecule has 0 aliphatic rings. The van der Waals surface area contributed by atoms with Crippen molar-refractivity contribution < 1.29 is 13.9 Å². The second-order valence-electron chi connectivity index (χ2n) is 5.52. The zero-order chi connectivity index (χ0) is 17.5. The van der Waals surface area contributed by atoms with Gasteiger partial charge in [-0.25, -0.2) is 4.39 Å². The van der Waals surface area contributed by atoms with Gasteiger partial charge in [0.15, 0.2) is 18.2 Å². The van der Waals surface area contributed by atoms with Crippen molar-refractivity contribution in [1.29, 1.82) is 0 Å². The predicted octanol–water partition coefficient (Wildman–Crippen LogP) is 3.28. The van der Waals surface area contributed by atoms with E-state index in [1.54, 1.807) is 12.1 Å². The lowest BCUT2D eigenvalue weighted by molar-refractivity contribution is -0.123. The summed E-state index contributed by atoms with van der Waals surface area (Å²) >= 11 is 6.23. The maximum atomic E-state index is 13.4. The number of hydrogen-bond acceptors (Lipinski definition) is 3. The van der Waals surface area contributed by atoms with Crippen molar-refractivity contribution in [2.24, 2.45) is 0 Å². The number of hydrogen-bond donors (Lipinski definition) is 1. The molecular weight excluding hydrogens is 331 g/mol. The molecule has 1 unspecified atom stereocenters. The highest BCUT2D eigenvalue weighted by Crippen LogP contribution is 2.25. The van der Waals surface area contributed by atoms with E-state index in [1.807, 2.05) is 43.3 Å². The van der Waals surface area contributed by atoms with Crippen LogP contribution in [0.15, 0.2) is 48.5 Å². The maximum Gasteiger partial charge on any atom is 0.258 e. The molecule has 2 aromatic carbocycles. The number of ether oxygens (including phenoxy) is 1. The van der Waals surface area contributed by atoms with Crippen LogP contribution in [0.1, 0.15) is 11.6 Å². The molecule has 2 aromatic rings. The molecule has 0 heterocycles. The van der Waals surface area contributed by atoms with E-state index in [2.05, 4.69) is 5.32 Å². The number of likely N-dealkylation sites (N-methyl/N-ethyl adjacent to an activating group) is 1. The Balaban J connectivity index is 1.91. The number of carbonyl (C=O) groups excluding carboxylic acids is 1. The molecule has 128 valence electrons. The molecule has 0 spiro atoms. The highest BCUT2D eigenvalue weighted by molar-refractivity contribution is 6.31. The van der Waals surface area contributed by atoms with Gasteiger partial charge in [-0.1, -0.05) is 41.9 Å². The van der Waals surface area contributed by atoms with Gasteiger partial charge in [0.2, 0.25) is 0 Å². The van der Waals surface area contributed by atoms with Crippen LogP contribution in [-0.2, 0) is 4.79 Å². The van der Waals surface area contributed by atoms with E-state index in [1.165, 1.54) is 12.1 Å². The molecule has 0 aliphatic heterocycles. The topological polar surface area (TPSA) is 41.6 Å². The lowest BCUT2D eigenvalue weighted by atomic mass is 10.1. The molecule has 2 rings (SSSR count). The Kier molecular flexibility index (Phi) is 6.58. The summed E-state index contributed by atoms with van der Waals surface area (Å²) < 4.78 is 18.6. The molecule has 1 amide bonds. The van der Waals surface area contributed by atoms with Gasteiger partial charge >= 0.3 is 0 Å². The number of para-hydroxylation sites is 1. The van der Waals surface area contributed by atoms with Crippen LogP contribution in [0.3, 0.4) is 0 Å². The summed E-state index contributed by atoms with van der Waals surface area (Å²) in [6, 6.07) is 13.4. The van der Waals surface area contributed by atoms with Crippen LogP contribution in [0.4, 0.5) is 4.39 Å². The Morgan fingerprint density at radius 1 is 1.21 bits per heavy atom. The minimum Gasteiger partial charge on any atom is -0.481 e. The van der Waals surface area contributed by atoms with Gasteiger partial charge in [-0.3, -0.25) is 4.79 Å². The van der Waals surface area contributed by atoms with Gasteiger partial charge in [-0.2, -0.15) is 0 Å². The predicted molar refractivity (Wildman–Crippen MR) is 92.8 cm³/mol. The third-order valence-electron chi connectivity index (χ3n) is 3.58. The van der Waals surface area contributed by atoms with Crippen molar-refractivity contribution in [1.82, 2.24) is 10.2 Å². The summed E-state index contributed by atoms with van der Waals surface area (Å²) in [4.78, 5) is 13.9. The Morgan fingerprint density at radius 3 is 2.54 bits per heavy atom. The second-order valence-corrected chi connectivity index (χ2v) is 5.93. The first-order chi connectivity index (χ1) is 11.5. The van der Waals surface area contributed by atoms with Crippen LogP contribution in [0.5, 0.6) is 5.75 Å². The number of halogens is 2. The van der Waals surface area contributed by atoms with Crippen molar-refractivity contribution in [3.63, 3.8) is 0 Å². The maximum absolute atomic E-state index is 13.4. The largest absolute Gasteiger partial charge is 0.481 e. The fourth-order valence-electron chi connectivity index (χ4n) is 2.28. The lowest BCUT2D eigenvalue weighted by Crippen LogP contribution is -2.37. The van der Waals surface area contributed by atoms with E-state index in [4.69, 9.17) is 16.3 Å². The molecule has 1 N–H and O–H groups in total. The summed E-state index contributed by atoms with van der Waals surface area (Å²) in [5.74, 6) is -0.757. The lowest BCUT2D eigenvalue weighted by Gasteiger charge is -2.26. The van der Waals surface area contributed by atoms with Crippen molar-refractivity contribution in [3.8, 4) is 5.75 Å². The fraction of sp³-hybridized carbons (Fsp3) is 0.278. The van der Waals surface area contributed by atoms with Crippen LogP contribution >= 0.6 is 11.6 Å². The normalized spacial score (nSPS) is 12.0. The van der Waals surface area contributed by atoms with Crippen molar-refractivity contribution in [2.45, 2.75) is 6.04 Å². The molecule has 4 nitrogen and oxygen atoms in total. The highest BCUT2D eigenvalue weighted by Gasteiger charge is 2.18. The molecular formula is C18H20ClFN2O2. The SMILES string of the molecule is CN(C)C(CNC(=O)COc1ccccc1F)c1ccccc1Cl. The third-order valence-corrected chi connectivity index (χ3v) is 3.92. The highest BCUT2D eigenvalue weighted by atomic mass is 35.5. The second kappa shape index (κ2) is 8.66. The molecule has 1 atom stereocenters. The average Bonchev–Trinajstić information content (AvgIpc) is 2.55. The summed E-state index contributed by atoms with van der Waals surface area (Å²) in [5.41, 5.74) is 0.930. The number of carbonyl (C=O) groups is 1. The van der Waals surface area contributed by atoms with Crippen molar-refractivity contribution >= 4 is 17.5 Å². The van der Waals surface area contributed by atoms with Gasteiger partial charge in [-0.05, 0) is 37.9 Å². The van der Waals surface area contributed by atoms with Gasteiger partial charge in [0.1, 0.15) is 0 Å². The third kappa shape index (κ3) is 4.94. The standard InChI is InChI=1S/C18H20ClFN2O2/c1-22(2)16(13-7-3-4-8-14(13)19)11-21-18(23)12-24-17-10-6-5-9-15(17)20/h3-10,16H,11-12H2,1-2H3,(H,21,23). The quantitative estimate of drug-likeness (QED) is 0.833. The van der Waals surface area contributed by atoms with E-state index >= 15 is 0 Å². The van der Waals surface area contributed by atoms with Crippen LogP contribution < -0.4 is 10.1 Å². The van der Waals surface area contributed by atoms with Gasteiger partial charge in [-0.15, -0.1) is 0 Å². The number of benzene rings is 2. The van der Waals surface area contributed by atoms with E-state index < -0.39 is 5.82 Å². The molecule has 0 bridgehead atoms. The molecule has 0 saturated heterocycles. The van der Waals surface area contributed by atoms with E-state index in [0.717, 1.165) is 5.56 Å². The molecule has 0 aliphatic carbocycles. The molecule has 6 heteroatoms. The average molecular weight is 351 g/mol. The zero-order valence-corrected chi connectivity index (χ0v) is 14.4. The summed E-state index contributed by atoms with van der Waals surface area (Å²) in [7, 11) is 3.83. The van der Waals surface area contributed by atoms with E-state index in [9.17, 15) is 9.18 Å². The molecule has 24 heavy (non-hydrogen) atoms. The number of nitrogens with zero attached hydrogens (tertiary/aromatic N) is 1. The molecule has 0 fully saturated rings. The summed E-state index contributed by atoms with van der Waals surface area (Å²) in [6.45, 7) is 0.125. The van der Waals surface area contributed by atoms with Crippen LogP contribution in [0.25, 0.3) is 0 Å². The smallest absolute Gasteiger partial charge is 0.258 e.